The van der Waals surface area contributed by atoms with E-state index in [4.69, 9.17) is 0 Å². The number of fused-ring (bicyclic) bond motifs is 9. The van der Waals surface area contributed by atoms with E-state index in [9.17, 15) is 5.26 Å². The summed E-state index contributed by atoms with van der Waals surface area (Å²) >= 11 is 0. The molecule has 0 spiro atoms. The molecule has 10 rings (SSSR count). The fourth-order valence-corrected chi connectivity index (χ4v) is 8.07. The molecule has 3 aromatic heterocycles. The van der Waals surface area contributed by atoms with E-state index in [0.29, 0.717) is 5.56 Å². The largest absolute Gasteiger partial charge is 0.309 e. The van der Waals surface area contributed by atoms with Gasteiger partial charge in [-0.15, -0.1) is 0 Å². The van der Waals surface area contributed by atoms with Crippen molar-refractivity contribution in [2.24, 2.45) is 0 Å². The molecule has 0 saturated heterocycles. The molecule has 0 aliphatic carbocycles. The van der Waals surface area contributed by atoms with Gasteiger partial charge in [0.25, 0.3) is 0 Å². The highest BCUT2D eigenvalue weighted by Gasteiger charge is 2.26. The van der Waals surface area contributed by atoms with E-state index in [2.05, 4.69) is 178 Å². The summed E-state index contributed by atoms with van der Waals surface area (Å²) in [4.78, 5) is 0. The van der Waals surface area contributed by atoms with Crippen LogP contribution in [0.5, 0.6) is 0 Å². The lowest BCUT2D eigenvalue weighted by Crippen LogP contribution is -2.11. The monoisotopic (exact) mass is 612 g/mol. The Hall–Kier alpha value is -6.57. The van der Waals surface area contributed by atoms with Gasteiger partial charge >= 0.3 is 0 Å². The number of para-hydroxylation sites is 6. The van der Waals surface area contributed by atoms with Crippen molar-refractivity contribution in [3.05, 3.63) is 163 Å². The Kier molecular flexibility index (Phi) is 5.53. The first-order chi connectivity index (χ1) is 23.7. The molecule has 7 aromatic carbocycles. The topological polar surface area (TPSA) is 38.6 Å². The van der Waals surface area contributed by atoms with Gasteiger partial charge in [-0.25, -0.2) is 0 Å². The van der Waals surface area contributed by atoms with E-state index < -0.39 is 0 Å². The van der Waals surface area contributed by atoms with Crippen LogP contribution < -0.4 is 0 Å². The SMILES string of the molecule is Cc1c(-n2c3ccccc3c3ccccc32)cc(C#N)c(-n2c3ccccc3c3ccccc32)c1-n1c2ccccc2c2ccccc21. The summed E-state index contributed by atoms with van der Waals surface area (Å²) in [6, 6.07) is 56.2. The second-order valence-corrected chi connectivity index (χ2v) is 12.5. The quantitative estimate of drug-likeness (QED) is 0.196. The van der Waals surface area contributed by atoms with Crippen molar-refractivity contribution in [3.8, 4) is 23.1 Å². The number of hydrogen-bond donors (Lipinski definition) is 0. The third-order valence-electron chi connectivity index (χ3n) is 10.0. The highest BCUT2D eigenvalue weighted by Crippen LogP contribution is 2.43. The normalized spacial score (nSPS) is 11.8. The summed E-state index contributed by atoms with van der Waals surface area (Å²) in [5.41, 5.74) is 11.1. The summed E-state index contributed by atoms with van der Waals surface area (Å²) in [6.07, 6.45) is 0. The van der Waals surface area contributed by atoms with Gasteiger partial charge in [-0.3, -0.25) is 0 Å². The average Bonchev–Trinajstić information content (AvgIpc) is 3.78. The zero-order valence-electron chi connectivity index (χ0n) is 26.2. The molecule has 0 aliphatic rings. The molecule has 48 heavy (non-hydrogen) atoms. The van der Waals surface area contributed by atoms with Crippen LogP contribution in [0.3, 0.4) is 0 Å². The van der Waals surface area contributed by atoms with Gasteiger partial charge in [-0.1, -0.05) is 109 Å². The highest BCUT2D eigenvalue weighted by atomic mass is 15.1. The van der Waals surface area contributed by atoms with Crippen LogP contribution in [0, 0.1) is 18.3 Å². The summed E-state index contributed by atoms with van der Waals surface area (Å²) in [7, 11) is 0. The van der Waals surface area contributed by atoms with E-state index in [1.54, 1.807) is 0 Å². The second kappa shape index (κ2) is 9.96. The molecule has 0 bridgehead atoms. The van der Waals surface area contributed by atoms with Crippen molar-refractivity contribution in [1.82, 2.24) is 13.7 Å². The third kappa shape index (κ3) is 3.48. The van der Waals surface area contributed by atoms with Gasteiger partial charge in [0.05, 0.1) is 55.7 Å². The number of nitrogens with zero attached hydrogens (tertiary/aromatic N) is 4. The van der Waals surface area contributed by atoms with Gasteiger partial charge in [-0.05, 0) is 55.0 Å². The lowest BCUT2D eigenvalue weighted by Gasteiger charge is -2.23. The average molecular weight is 613 g/mol. The van der Waals surface area contributed by atoms with Crippen LogP contribution in [-0.2, 0) is 0 Å². The first-order valence-electron chi connectivity index (χ1n) is 16.3. The second-order valence-electron chi connectivity index (χ2n) is 12.5. The predicted octanol–water partition coefficient (Wildman–Crippen LogP) is 11.2. The van der Waals surface area contributed by atoms with Crippen LogP contribution in [0.25, 0.3) is 82.5 Å². The fraction of sp³-hybridized carbons (Fsp3) is 0.0227. The Labute approximate surface area is 276 Å². The van der Waals surface area contributed by atoms with Crippen LogP contribution in [0.2, 0.25) is 0 Å². The maximum atomic E-state index is 11.2. The molecule has 10 aromatic rings. The minimum absolute atomic E-state index is 0.612. The molecule has 224 valence electrons. The molecule has 0 unspecified atom stereocenters. The molecular weight excluding hydrogens is 585 g/mol. The number of hydrogen-bond acceptors (Lipinski definition) is 1. The molecule has 0 amide bonds. The zero-order valence-corrected chi connectivity index (χ0v) is 26.2. The first-order valence-corrected chi connectivity index (χ1v) is 16.3. The summed E-state index contributed by atoms with van der Waals surface area (Å²) < 4.78 is 7.04. The van der Waals surface area contributed by atoms with Crippen LogP contribution in [-0.4, -0.2) is 13.7 Å². The molecule has 4 nitrogen and oxygen atoms in total. The predicted molar refractivity (Wildman–Crippen MR) is 199 cm³/mol. The van der Waals surface area contributed by atoms with Gasteiger partial charge in [0.1, 0.15) is 6.07 Å². The van der Waals surface area contributed by atoms with Crippen LogP contribution in [0.15, 0.2) is 152 Å². The van der Waals surface area contributed by atoms with E-state index >= 15 is 0 Å². The standard InChI is InChI=1S/C44H28N4/c1-28-42(46-36-20-8-2-14-30(36)31-15-3-9-21-37(31)46)26-29(27-45)44(48-40-24-12-6-18-34(40)35-19-7-13-25-41(35)48)43(28)47-38-22-10-4-16-32(38)33-17-5-11-23-39(33)47/h2-26H,1H3. The lowest BCUT2D eigenvalue weighted by molar-refractivity contribution is 1.04. The molecule has 0 radical (unpaired) electrons. The number of rotatable bonds is 3. The molecule has 4 heteroatoms. The fourth-order valence-electron chi connectivity index (χ4n) is 8.07. The highest BCUT2D eigenvalue weighted by molar-refractivity contribution is 6.13. The Bertz CT molecular complexity index is 2820. The van der Waals surface area contributed by atoms with E-state index in [-0.39, 0.29) is 0 Å². The molecule has 0 aliphatic heterocycles. The van der Waals surface area contributed by atoms with Crippen molar-refractivity contribution in [2.45, 2.75) is 6.92 Å². The maximum Gasteiger partial charge on any atom is 0.101 e. The van der Waals surface area contributed by atoms with Crippen LogP contribution in [0.1, 0.15) is 11.1 Å². The van der Waals surface area contributed by atoms with Gasteiger partial charge in [0.15, 0.2) is 0 Å². The molecule has 0 saturated carbocycles. The third-order valence-corrected chi connectivity index (χ3v) is 10.0. The summed E-state index contributed by atoms with van der Waals surface area (Å²) in [6.45, 7) is 2.22. The number of aromatic nitrogens is 3. The lowest BCUT2D eigenvalue weighted by atomic mass is 10.0. The summed E-state index contributed by atoms with van der Waals surface area (Å²) in [5.74, 6) is 0. The Morgan fingerprint density at radius 1 is 0.396 bits per heavy atom. The van der Waals surface area contributed by atoms with Gasteiger partial charge in [0, 0.05) is 32.3 Å². The molecule has 3 heterocycles. The molecule has 0 N–H and O–H groups in total. The number of nitriles is 1. The first kappa shape index (κ1) is 26.6. The zero-order chi connectivity index (χ0) is 31.9. The minimum atomic E-state index is 0.612. The van der Waals surface area contributed by atoms with Gasteiger partial charge in [0.2, 0.25) is 0 Å². The van der Waals surface area contributed by atoms with Crippen LogP contribution >= 0.6 is 0 Å². The number of benzene rings is 7. The van der Waals surface area contributed by atoms with Crippen molar-refractivity contribution in [1.29, 1.82) is 5.26 Å². The van der Waals surface area contributed by atoms with E-state index in [0.717, 1.165) is 66.5 Å². The molecular formula is C44H28N4. The smallest absolute Gasteiger partial charge is 0.101 e. The van der Waals surface area contributed by atoms with Gasteiger partial charge < -0.3 is 13.7 Å². The molecule has 0 fully saturated rings. The molecule has 0 atom stereocenters. The van der Waals surface area contributed by atoms with Crippen molar-refractivity contribution >= 4 is 65.4 Å². The Balaban J connectivity index is 1.46. The van der Waals surface area contributed by atoms with Crippen molar-refractivity contribution < 1.29 is 0 Å². The van der Waals surface area contributed by atoms with Gasteiger partial charge in [-0.2, -0.15) is 5.26 Å². The Morgan fingerprint density at radius 3 is 1.02 bits per heavy atom. The van der Waals surface area contributed by atoms with Crippen molar-refractivity contribution in [3.63, 3.8) is 0 Å². The summed E-state index contributed by atoms with van der Waals surface area (Å²) in [5, 5.41) is 18.2. The van der Waals surface area contributed by atoms with E-state index in [1.165, 1.54) is 21.5 Å². The maximum absolute atomic E-state index is 11.2. The van der Waals surface area contributed by atoms with Crippen LogP contribution in [0.4, 0.5) is 0 Å². The Morgan fingerprint density at radius 2 is 0.688 bits per heavy atom. The van der Waals surface area contributed by atoms with E-state index in [1.807, 2.05) is 0 Å². The minimum Gasteiger partial charge on any atom is -0.309 e. The van der Waals surface area contributed by atoms with Crippen molar-refractivity contribution in [2.75, 3.05) is 0 Å².